The highest BCUT2D eigenvalue weighted by atomic mass is 19.4. The van der Waals surface area contributed by atoms with Gasteiger partial charge in [-0.1, -0.05) is 18.2 Å². The molecule has 0 saturated heterocycles. The Labute approximate surface area is 129 Å². The van der Waals surface area contributed by atoms with E-state index >= 15 is 0 Å². The number of fused-ring (bicyclic) bond motifs is 1. The zero-order valence-corrected chi connectivity index (χ0v) is 12.2. The molecular formula is C16H13F4N3. The number of imidazole rings is 1. The summed E-state index contributed by atoms with van der Waals surface area (Å²) >= 11 is 0. The van der Waals surface area contributed by atoms with Gasteiger partial charge in [-0.25, -0.2) is 9.37 Å². The van der Waals surface area contributed by atoms with Crippen LogP contribution in [0.25, 0.3) is 11.0 Å². The number of benzene rings is 2. The van der Waals surface area contributed by atoms with Gasteiger partial charge in [0.2, 0.25) is 5.95 Å². The summed E-state index contributed by atoms with van der Waals surface area (Å²) in [6.45, 7) is 0.112. The average Bonchev–Trinajstić information content (AvgIpc) is 2.82. The number of nitrogens with one attached hydrogen (secondary N) is 1. The lowest BCUT2D eigenvalue weighted by molar-refractivity contribution is -0.140. The molecule has 1 aromatic heterocycles. The van der Waals surface area contributed by atoms with Gasteiger partial charge in [-0.3, -0.25) is 0 Å². The number of nitrogens with zero attached hydrogens (tertiary/aromatic N) is 2. The third-order valence-electron chi connectivity index (χ3n) is 3.57. The van der Waals surface area contributed by atoms with Gasteiger partial charge in [-0.15, -0.1) is 0 Å². The van der Waals surface area contributed by atoms with Gasteiger partial charge >= 0.3 is 6.18 Å². The molecule has 0 bridgehead atoms. The summed E-state index contributed by atoms with van der Waals surface area (Å²) in [6, 6.07) is 10.4. The van der Waals surface area contributed by atoms with E-state index in [0.29, 0.717) is 11.5 Å². The van der Waals surface area contributed by atoms with E-state index in [2.05, 4.69) is 10.3 Å². The molecule has 3 nitrogen and oxygen atoms in total. The minimum atomic E-state index is -4.71. The van der Waals surface area contributed by atoms with E-state index in [0.717, 1.165) is 23.2 Å². The topological polar surface area (TPSA) is 29.9 Å². The van der Waals surface area contributed by atoms with Crippen LogP contribution >= 0.6 is 0 Å². The minimum absolute atomic E-state index is 0.112. The number of alkyl halides is 3. The molecule has 3 aromatic rings. The zero-order valence-electron chi connectivity index (χ0n) is 12.2. The molecule has 1 heterocycles. The van der Waals surface area contributed by atoms with Crippen LogP contribution in [0.3, 0.4) is 0 Å². The van der Waals surface area contributed by atoms with Crippen molar-refractivity contribution in [1.82, 2.24) is 9.55 Å². The Morgan fingerprint density at radius 1 is 1.13 bits per heavy atom. The molecule has 0 unspecified atom stereocenters. The van der Waals surface area contributed by atoms with Crippen molar-refractivity contribution >= 4 is 17.0 Å². The summed E-state index contributed by atoms with van der Waals surface area (Å²) in [4.78, 5) is 4.37. The maximum atomic E-state index is 13.3. The first kappa shape index (κ1) is 15.3. The van der Waals surface area contributed by atoms with Crippen LogP contribution in [0.4, 0.5) is 23.5 Å². The van der Waals surface area contributed by atoms with Gasteiger partial charge in [-0.05, 0) is 29.8 Å². The van der Waals surface area contributed by atoms with Gasteiger partial charge in [0.05, 0.1) is 16.6 Å². The monoisotopic (exact) mass is 323 g/mol. The van der Waals surface area contributed by atoms with Crippen molar-refractivity contribution < 1.29 is 17.6 Å². The SMILES string of the molecule is Cn1c(NCc2ccc(F)c(C(F)(F)F)c2)nc2ccccc21. The standard InChI is InChI=1S/C16H13F4N3/c1-23-14-5-3-2-4-13(14)22-15(23)21-9-10-6-7-12(17)11(8-10)16(18,19)20/h2-8H,9H2,1H3,(H,21,22). The second-order valence-corrected chi connectivity index (χ2v) is 5.15. The lowest BCUT2D eigenvalue weighted by atomic mass is 10.1. The predicted octanol–water partition coefficient (Wildman–Crippen LogP) is 4.34. The molecule has 0 aliphatic heterocycles. The number of aromatic nitrogens is 2. The normalized spacial score (nSPS) is 11.9. The Hall–Kier alpha value is -2.57. The van der Waals surface area contributed by atoms with Crippen molar-refractivity contribution in [2.45, 2.75) is 12.7 Å². The Balaban J connectivity index is 1.84. The molecule has 0 radical (unpaired) electrons. The van der Waals surface area contributed by atoms with Gasteiger partial charge in [-0.2, -0.15) is 13.2 Å². The summed E-state index contributed by atoms with van der Waals surface area (Å²) in [7, 11) is 1.81. The fraction of sp³-hybridized carbons (Fsp3) is 0.188. The number of aryl methyl sites for hydroxylation is 1. The van der Waals surface area contributed by atoms with Crippen LogP contribution in [0.5, 0.6) is 0 Å². The quantitative estimate of drug-likeness (QED) is 0.727. The smallest absolute Gasteiger partial charge is 0.352 e. The summed E-state index contributed by atoms with van der Waals surface area (Å²) in [6.07, 6.45) is -4.71. The minimum Gasteiger partial charge on any atom is -0.352 e. The molecule has 7 heteroatoms. The first-order valence-electron chi connectivity index (χ1n) is 6.87. The molecule has 0 amide bonds. The molecule has 0 atom stereocenters. The number of hydrogen-bond donors (Lipinski definition) is 1. The first-order chi connectivity index (χ1) is 10.9. The molecule has 1 N–H and O–H groups in total. The van der Waals surface area contributed by atoms with Crippen molar-refractivity contribution in [3.63, 3.8) is 0 Å². The largest absolute Gasteiger partial charge is 0.419 e. The van der Waals surface area contributed by atoms with Gasteiger partial charge in [0.1, 0.15) is 5.82 Å². The van der Waals surface area contributed by atoms with Gasteiger partial charge in [0.25, 0.3) is 0 Å². The number of hydrogen-bond acceptors (Lipinski definition) is 2. The Bertz CT molecular complexity index is 852. The van der Waals surface area contributed by atoms with Crippen LogP contribution in [0, 0.1) is 5.82 Å². The second kappa shape index (κ2) is 5.57. The van der Waals surface area contributed by atoms with Crippen molar-refractivity contribution in [2.75, 3.05) is 5.32 Å². The summed E-state index contributed by atoms with van der Waals surface area (Å²) in [5, 5.41) is 2.98. The third-order valence-corrected chi connectivity index (χ3v) is 3.57. The van der Waals surface area contributed by atoms with Crippen LogP contribution in [-0.4, -0.2) is 9.55 Å². The highest BCUT2D eigenvalue weighted by molar-refractivity contribution is 5.78. The summed E-state index contributed by atoms with van der Waals surface area (Å²) in [5.41, 5.74) is 0.755. The molecule has 0 aliphatic rings. The lowest BCUT2D eigenvalue weighted by Gasteiger charge is -2.11. The molecule has 23 heavy (non-hydrogen) atoms. The van der Waals surface area contributed by atoms with Gasteiger partial charge in [0.15, 0.2) is 0 Å². The van der Waals surface area contributed by atoms with Crippen molar-refractivity contribution in [3.05, 3.63) is 59.4 Å². The maximum Gasteiger partial charge on any atom is 0.419 e. The molecular weight excluding hydrogens is 310 g/mol. The predicted molar refractivity (Wildman–Crippen MR) is 79.4 cm³/mol. The maximum absolute atomic E-state index is 13.3. The van der Waals surface area contributed by atoms with E-state index in [9.17, 15) is 17.6 Å². The fourth-order valence-corrected chi connectivity index (χ4v) is 2.38. The average molecular weight is 323 g/mol. The van der Waals surface area contributed by atoms with E-state index in [1.54, 1.807) is 0 Å². The number of halogens is 4. The Morgan fingerprint density at radius 2 is 1.87 bits per heavy atom. The highest BCUT2D eigenvalue weighted by Crippen LogP contribution is 2.32. The fourth-order valence-electron chi connectivity index (χ4n) is 2.38. The van der Waals surface area contributed by atoms with Crippen molar-refractivity contribution in [3.8, 4) is 0 Å². The van der Waals surface area contributed by atoms with Crippen molar-refractivity contribution in [1.29, 1.82) is 0 Å². The van der Waals surface area contributed by atoms with E-state index in [4.69, 9.17) is 0 Å². The second-order valence-electron chi connectivity index (χ2n) is 5.15. The molecule has 0 spiro atoms. The van der Waals surface area contributed by atoms with Crippen LogP contribution < -0.4 is 5.32 Å². The van der Waals surface area contributed by atoms with E-state index < -0.39 is 17.6 Å². The number of para-hydroxylation sites is 2. The van der Waals surface area contributed by atoms with Crippen molar-refractivity contribution in [2.24, 2.45) is 7.05 Å². The molecule has 0 saturated carbocycles. The van der Waals surface area contributed by atoms with E-state index in [-0.39, 0.29) is 6.54 Å². The molecule has 0 aliphatic carbocycles. The molecule has 0 fully saturated rings. The van der Waals surface area contributed by atoms with Gasteiger partial charge < -0.3 is 9.88 Å². The highest BCUT2D eigenvalue weighted by Gasteiger charge is 2.34. The number of anilines is 1. The lowest BCUT2D eigenvalue weighted by Crippen LogP contribution is -2.10. The third kappa shape index (κ3) is 2.99. The molecule has 3 rings (SSSR count). The Morgan fingerprint density at radius 3 is 2.57 bits per heavy atom. The summed E-state index contributed by atoms with van der Waals surface area (Å²) < 4.78 is 53.2. The number of rotatable bonds is 3. The van der Waals surface area contributed by atoms with Crippen LogP contribution in [0.2, 0.25) is 0 Å². The molecule has 120 valence electrons. The summed E-state index contributed by atoms with van der Waals surface area (Å²) in [5.74, 6) is -0.743. The van der Waals surface area contributed by atoms with E-state index in [1.807, 2.05) is 35.9 Å². The zero-order chi connectivity index (χ0) is 16.6. The Kier molecular flexibility index (Phi) is 3.71. The first-order valence-corrected chi connectivity index (χ1v) is 6.87. The van der Waals surface area contributed by atoms with Gasteiger partial charge in [0, 0.05) is 13.6 Å². The molecule has 2 aromatic carbocycles. The van der Waals surface area contributed by atoms with Crippen LogP contribution in [0.15, 0.2) is 42.5 Å². The van der Waals surface area contributed by atoms with Crippen LogP contribution in [-0.2, 0) is 19.8 Å². The van der Waals surface area contributed by atoms with E-state index in [1.165, 1.54) is 6.07 Å². The van der Waals surface area contributed by atoms with Crippen LogP contribution in [0.1, 0.15) is 11.1 Å².